The monoisotopic (exact) mass is 239 g/mol. The molecule has 2 atom stereocenters. The second kappa shape index (κ2) is 5.17. The van der Waals surface area contributed by atoms with E-state index in [2.05, 4.69) is 18.3 Å². The third kappa shape index (κ3) is 2.40. The van der Waals surface area contributed by atoms with Gasteiger partial charge in [0, 0.05) is 23.7 Å². The Kier molecular flexibility index (Phi) is 3.85. The largest absolute Gasteiger partial charge is 0.396 e. The number of rotatable bonds is 4. The lowest BCUT2D eigenvalue weighted by molar-refractivity contribution is 0.263. The Hall–Kier alpha value is -0.570. The molecule has 0 saturated carbocycles. The van der Waals surface area contributed by atoms with E-state index < -0.39 is 0 Å². The van der Waals surface area contributed by atoms with Gasteiger partial charge in [-0.25, -0.2) is 0 Å². The molecule has 0 amide bonds. The minimum absolute atomic E-state index is 0.239. The smallest absolute Gasteiger partial charge is 0.0445 e. The Morgan fingerprint density at radius 3 is 3.12 bits per heavy atom. The summed E-state index contributed by atoms with van der Waals surface area (Å²) in [5.41, 5.74) is 2.62. The van der Waals surface area contributed by atoms with Crippen molar-refractivity contribution in [1.82, 2.24) is 5.32 Å². The molecular weight excluding hydrogens is 222 g/mol. The maximum atomic E-state index is 8.89. The SMILES string of the molecule is C[C@H](CCO)NC1CCc2c(Cl)cccc21. The van der Waals surface area contributed by atoms with Crippen molar-refractivity contribution in [2.75, 3.05) is 6.61 Å². The highest BCUT2D eigenvalue weighted by molar-refractivity contribution is 6.31. The van der Waals surface area contributed by atoms with Crippen molar-refractivity contribution < 1.29 is 5.11 Å². The molecule has 2 rings (SSSR count). The van der Waals surface area contributed by atoms with Gasteiger partial charge in [0.15, 0.2) is 0 Å². The molecule has 0 bridgehead atoms. The molecule has 88 valence electrons. The fraction of sp³-hybridized carbons (Fsp3) is 0.538. The van der Waals surface area contributed by atoms with Crippen LogP contribution in [0.4, 0.5) is 0 Å². The second-order valence-electron chi connectivity index (χ2n) is 4.48. The van der Waals surface area contributed by atoms with E-state index in [0.29, 0.717) is 12.1 Å². The molecule has 1 unspecified atom stereocenters. The van der Waals surface area contributed by atoms with Gasteiger partial charge in [0.2, 0.25) is 0 Å². The van der Waals surface area contributed by atoms with Crippen LogP contribution in [0.1, 0.15) is 36.9 Å². The summed E-state index contributed by atoms with van der Waals surface area (Å²) in [7, 11) is 0. The van der Waals surface area contributed by atoms with Crippen LogP contribution in [0.15, 0.2) is 18.2 Å². The molecule has 2 N–H and O–H groups in total. The Bertz CT molecular complexity index is 367. The molecule has 0 radical (unpaired) electrons. The molecule has 1 aliphatic carbocycles. The van der Waals surface area contributed by atoms with Crippen molar-refractivity contribution in [2.45, 2.75) is 38.3 Å². The van der Waals surface area contributed by atoms with Crippen molar-refractivity contribution in [3.05, 3.63) is 34.3 Å². The van der Waals surface area contributed by atoms with Crippen LogP contribution >= 0.6 is 11.6 Å². The number of hydrogen-bond donors (Lipinski definition) is 2. The highest BCUT2D eigenvalue weighted by atomic mass is 35.5. The first-order valence-electron chi connectivity index (χ1n) is 5.86. The summed E-state index contributed by atoms with van der Waals surface area (Å²) in [4.78, 5) is 0. The van der Waals surface area contributed by atoms with E-state index in [4.69, 9.17) is 16.7 Å². The Labute approximate surface area is 102 Å². The van der Waals surface area contributed by atoms with Gasteiger partial charge in [-0.15, -0.1) is 0 Å². The average Bonchev–Trinajstić information content (AvgIpc) is 2.64. The zero-order chi connectivity index (χ0) is 11.5. The molecule has 1 aromatic rings. The van der Waals surface area contributed by atoms with Crippen molar-refractivity contribution in [2.24, 2.45) is 0 Å². The van der Waals surface area contributed by atoms with E-state index >= 15 is 0 Å². The number of hydrogen-bond acceptors (Lipinski definition) is 2. The fourth-order valence-corrected chi connectivity index (χ4v) is 2.68. The van der Waals surface area contributed by atoms with Gasteiger partial charge in [0.25, 0.3) is 0 Å². The molecule has 16 heavy (non-hydrogen) atoms. The molecular formula is C13H18ClNO. The van der Waals surface area contributed by atoms with Gasteiger partial charge in [-0.2, -0.15) is 0 Å². The number of aliphatic hydroxyl groups excluding tert-OH is 1. The number of aliphatic hydroxyl groups is 1. The minimum atomic E-state index is 0.239. The highest BCUT2D eigenvalue weighted by Crippen LogP contribution is 2.35. The number of fused-ring (bicyclic) bond motifs is 1. The Morgan fingerprint density at radius 2 is 2.38 bits per heavy atom. The van der Waals surface area contributed by atoms with Gasteiger partial charge < -0.3 is 10.4 Å². The van der Waals surface area contributed by atoms with Crippen LogP contribution in [0.25, 0.3) is 0 Å². The summed E-state index contributed by atoms with van der Waals surface area (Å²) in [6.45, 7) is 2.35. The maximum absolute atomic E-state index is 8.89. The molecule has 2 nitrogen and oxygen atoms in total. The Morgan fingerprint density at radius 1 is 1.56 bits per heavy atom. The van der Waals surface area contributed by atoms with Crippen LogP contribution in [0.2, 0.25) is 5.02 Å². The minimum Gasteiger partial charge on any atom is -0.396 e. The zero-order valence-electron chi connectivity index (χ0n) is 9.54. The van der Waals surface area contributed by atoms with Crippen molar-refractivity contribution in [1.29, 1.82) is 0 Å². The predicted molar refractivity (Wildman–Crippen MR) is 66.8 cm³/mol. The fourth-order valence-electron chi connectivity index (χ4n) is 2.40. The van der Waals surface area contributed by atoms with Crippen molar-refractivity contribution >= 4 is 11.6 Å². The zero-order valence-corrected chi connectivity index (χ0v) is 10.3. The topological polar surface area (TPSA) is 32.3 Å². The van der Waals surface area contributed by atoms with E-state index in [1.807, 2.05) is 12.1 Å². The molecule has 1 aromatic carbocycles. The summed E-state index contributed by atoms with van der Waals surface area (Å²) < 4.78 is 0. The summed E-state index contributed by atoms with van der Waals surface area (Å²) in [5.74, 6) is 0. The standard InChI is InChI=1S/C13H18ClNO/c1-9(7-8-16)15-13-6-5-10-11(13)3-2-4-12(10)14/h2-4,9,13,15-16H,5-8H2,1H3/t9-,13?/m1/s1. The molecule has 0 saturated heterocycles. The summed E-state index contributed by atoms with van der Waals surface area (Å²) in [5, 5.41) is 13.3. The average molecular weight is 240 g/mol. The molecule has 3 heteroatoms. The lowest BCUT2D eigenvalue weighted by Gasteiger charge is -2.19. The van der Waals surface area contributed by atoms with Gasteiger partial charge in [0.05, 0.1) is 0 Å². The third-order valence-electron chi connectivity index (χ3n) is 3.26. The van der Waals surface area contributed by atoms with E-state index in [-0.39, 0.29) is 6.61 Å². The first-order chi connectivity index (χ1) is 7.72. The number of nitrogens with one attached hydrogen (secondary N) is 1. The third-order valence-corrected chi connectivity index (χ3v) is 3.62. The quantitative estimate of drug-likeness (QED) is 0.847. The van der Waals surface area contributed by atoms with E-state index in [0.717, 1.165) is 24.3 Å². The van der Waals surface area contributed by atoms with Crippen molar-refractivity contribution in [3.8, 4) is 0 Å². The molecule has 0 aromatic heterocycles. The van der Waals surface area contributed by atoms with Crippen LogP contribution < -0.4 is 5.32 Å². The first kappa shape index (κ1) is 11.9. The van der Waals surface area contributed by atoms with Gasteiger partial charge in [-0.3, -0.25) is 0 Å². The number of halogens is 1. The normalized spacial score (nSPS) is 20.8. The molecule has 0 fully saturated rings. The van der Waals surface area contributed by atoms with Crippen LogP contribution in [0, 0.1) is 0 Å². The maximum Gasteiger partial charge on any atom is 0.0445 e. The van der Waals surface area contributed by atoms with Crippen LogP contribution in [-0.2, 0) is 6.42 Å². The molecule has 0 spiro atoms. The van der Waals surface area contributed by atoms with Crippen molar-refractivity contribution in [3.63, 3.8) is 0 Å². The van der Waals surface area contributed by atoms with Gasteiger partial charge in [-0.05, 0) is 43.4 Å². The van der Waals surface area contributed by atoms with E-state index in [1.54, 1.807) is 0 Å². The second-order valence-corrected chi connectivity index (χ2v) is 4.89. The van der Waals surface area contributed by atoms with Crippen LogP contribution in [0.3, 0.4) is 0 Å². The predicted octanol–water partition coefficient (Wildman–Crippen LogP) is 2.69. The van der Waals surface area contributed by atoms with Crippen LogP contribution in [0.5, 0.6) is 0 Å². The Balaban J connectivity index is 2.09. The summed E-state index contributed by atoms with van der Waals surface area (Å²) in [6, 6.07) is 6.87. The van der Waals surface area contributed by atoms with E-state index in [1.165, 1.54) is 11.1 Å². The molecule has 0 aliphatic heterocycles. The van der Waals surface area contributed by atoms with Gasteiger partial charge in [0.1, 0.15) is 0 Å². The van der Waals surface area contributed by atoms with Gasteiger partial charge >= 0.3 is 0 Å². The summed E-state index contributed by atoms with van der Waals surface area (Å²) in [6.07, 6.45) is 2.96. The van der Waals surface area contributed by atoms with Gasteiger partial charge in [-0.1, -0.05) is 23.7 Å². The lowest BCUT2D eigenvalue weighted by atomic mass is 10.1. The van der Waals surface area contributed by atoms with Crippen LogP contribution in [-0.4, -0.2) is 17.8 Å². The first-order valence-corrected chi connectivity index (χ1v) is 6.24. The lowest BCUT2D eigenvalue weighted by Crippen LogP contribution is -2.30. The highest BCUT2D eigenvalue weighted by Gasteiger charge is 2.24. The number of benzene rings is 1. The summed E-state index contributed by atoms with van der Waals surface area (Å²) >= 11 is 6.16. The molecule has 0 heterocycles. The molecule has 1 aliphatic rings. The van der Waals surface area contributed by atoms with E-state index in [9.17, 15) is 0 Å².